The number of carboxylic acids is 2. The maximum Gasteiger partial charge on any atom is 0.304 e. The highest BCUT2D eigenvalue weighted by atomic mass is 32.2. The Kier molecular flexibility index (Phi) is 15.4. The summed E-state index contributed by atoms with van der Waals surface area (Å²) in [7, 11) is 0. The van der Waals surface area contributed by atoms with Crippen molar-refractivity contribution in [1.29, 1.82) is 0 Å². The second kappa shape index (κ2) is 18.4. The van der Waals surface area contributed by atoms with Gasteiger partial charge in [-0.1, -0.05) is 93.1 Å². The van der Waals surface area contributed by atoms with Crippen molar-refractivity contribution in [2.75, 3.05) is 11.5 Å². The average molecular weight is 517 g/mol. The van der Waals surface area contributed by atoms with Gasteiger partial charge in [0.15, 0.2) is 0 Å². The van der Waals surface area contributed by atoms with Crippen LogP contribution in [0.15, 0.2) is 54.6 Å². The number of carboxylic acid groups (broad SMARTS) is 2. The highest BCUT2D eigenvalue weighted by Crippen LogP contribution is 2.42. The van der Waals surface area contributed by atoms with E-state index < -0.39 is 11.9 Å². The molecule has 0 bridgehead atoms. The van der Waals surface area contributed by atoms with Gasteiger partial charge in [0.1, 0.15) is 0 Å². The Hall–Kier alpha value is -1.92. The Bertz CT molecular complexity index is 837. The fraction of sp³-hybridized carbons (Fsp3) is 0.517. The predicted molar refractivity (Wildman–Crippen MR) is 149 cm³/mol. The predicted octanol–water partition coefficient (Wildman–Crippen LogP) is 8.01. The van der Waals surface area contributed by atoms with Gasteiger partial charge in [-0.3, -0.25) is 9.59 Å². The molecule has 0 aliphatic carbocycles. The first-order valence-corrected chi connectivity index (χ1v) is 14.9. The monoisotopic (exact) mass is 516 g/mol. The van der Waals surface area contributed by atoms with E-state index in [1.54, 1.807) is 23.5 Å². The molecule has 4 nitrogen and oxygen atoms in total. The molecule has 192 valence electrons. The molecule has 6 heteroatoms. The van der Waals surface area contributed by atoms with E-state index in [2.05, 4.69) is 48.5 Å². The summed E-state index contributed by atoms with van der Waals surface area (Å²) < 4.78 is 0.0702. The van der Waals surface area contributed by atoms with Crippen molar-refractivity contribution in [1.82, 2.24) is 0 Å². The zero-order valence-electron chi connectivity index (χ0n) is 20.7. The molecule has 0 unspecified atom stereocenters. The lowest BCUT2D eigenvalue weighted by molar-refractivity contribution is -0.137. The molecular formula is C29H40O4S2. The molecule has 0 heterocycles. The van der Waals surface area contributed by atoms with E-state index in [0.29, 0.717) is 11.5 Å². The van der Waals surface area contributed by atoms with Gasteiger partial charge in [-0.05, 0) is 42.4 Å². The molecule has 2 aromatic carbocycles. The molecule has 0 aromatic heterocycles. The second-order valence-electron chi connectivity index (χ2n) is 8.87. The molecule has 35 heavy (non-hydrogen) atoms. The van der Waals surface area contributed by atoms with E-state index in [-0.39, 0.29) is 17.4 Å². The number of carbonyl (C=O) groups is 2. The number of aliphatic carboxylic acids is 2. The number of rotatable bonds is 20. The number of aryl methyl sites for hydroxylation is 2. The number of hydrogen-bond acceptors (Lipinski definition) is 4. The fourth-order valence-electron chi connectivity index (χ4n) is 4.08. The zero-order valence-corrected chi connectivity index (χ0v) is 22.3. The number of benzene rings is 2. The summed E-state index contributed by atoms with van der Waals surface area (Å²) >= 11 is 3.23. The quantitative estimate of drug-likeness (QED) is 0.137. The molecule has 0 aliphatic rings. The summed E-state index contributed by atoms with van der Waals surface area (Å²) in [6.45, 7) is 0. The van der Waals surface area contributed by atoms with Gasteiger partial charge in [0.05, 0.1) is 17.4 Å². The third kappa shape index (κ3) is 13.7. The molecular weight excluding hydrogens is 476 g/mol. The topological polar surface area (TPSA) is 74.6 Å². The summed E-state index contributed by atoms with van der Waals surface area (Å²) in [5.41, 5.74) is 3.97. The molecule has 0 amide bonds. The van der Waals surface area contributed by atoms with E-state index in [9.17, 15) is 9.59 Å². The van der Waals surface area contributed by atoms with Gasteiger partial charge >= 0.3 is 11.9 Å². The van der Waals surface area contributed by atoms with Gasteiger partial charge in [0, 0.05) is 11.5 Å². The largest absolute Gasteiger partial charge is 0.481 e. The standard InChI is InChI=1S/C29H40O4S2/c30-27(31)20-22-34-29(35-23-21-28(32)33)26-19-13-12-18-25(26)17-11-6-4-2-1-3-5-8-14-24-15-9-7-10-16-24/h7,9-10,12-13,15-16,18-19,29H,1-6,8,11,14,17,20-23H2,(H,30,31)(H,32,33). The maximum absolute atomic E-state index is 10.9. The second-order valence-corrected chi connectivity index (χ2v) is 11.6. The van der Waals surface area contributed by atoms with Crippen LogP contribution in [0.4, 0.5) is 0 Å². The number of hydrogen-bond donors (Lipinski definition) is 2. The van der Waals surface area contributed by atoms with Crippen LogP contribution in [0.5, 0.6) is 0 Å². The van der Waals surface area contributed by atoms with Gasteiger partial charge in [-0.2, -0.15) is 0 Å². The molecule has 0 radical (unpaired) electrons. The van der Waals surface area contributed by atoms with Gasteiger partial charge in [0.2, 0.25) is 0 Å². The number of unbranched alkanes of at least 4 members (excludes halogenated alkanes) is 7. The SMILES string of the molecule is O=C(O)CCSC(SCCC(=O)O)c1ccccc1CCCCCCCCCCc1ccccc1. The lowest BCUT2D eigenvalue weighted by Crippen LogP contribution is -2.03. The third-order valence-electron chi connectivity index (χ3n) is 5.98. The minimum absolute atomic E-state index is 0.0702. The van der Waals surface area contributed by atoms with Crippen molar-refractivity contribution in [2.45, 2.75) is 81.6 Å². The first-order chi connectivity index (χ1) is 17.1. The van der Waals surface area contributed by atoms with E-state index in [4.69, 9.17) is 10.2 Å². The third-order valence-corrected chi connectivity index (χ3v) is 8.79. The van der Waals surface area contributed by atoms with E-state index in [1.165, 1.54) is 68.1 Å². The Balaban J connectivity index is 1.68. The van der Waals surface area contributed by atoms with Crippen molar-refractivity contribution in [3.8, 4) is 0 Å². The Morgan fingerprint density at radius 3 is 1.69 bits per heavy atom. The summed E-state index contributed by atoms with van der Waals surface area (Å²) in [6, 6.07) is 19.1. The van der Waals surface area contributed by atoms with E-state index in [1.807, 2.05) is 6.07 Å². The van der Waals surface area contributed by atoms with Gasteiger partial charge < -0.3 is 10.2 Å². The van der Waals surface area contributed by atoms with Gasteiger partial charge in [-0.15, -0.1) is 23.5 Å². The van der Waals surface area contributed by atoms with Crippen LogP contribution in [0.25, 0.3) is 0 Å². The van der Waals surface area contributed by atoms with E-state index >= 15 is 0 Å². The van der Waals surface area contributed by atoms with Crippen LogP contribution in [-0.2, 0) is 22.4 Å². The Labute approximate surface area is 219 Å². The highest BCUT2D eigenvalue weighted by Gasteiger charge is 2.17. The highest BCUT2D eigenvalue weighted by molar-refractivity contribution is 8.16. The smallest absolute Gasteiger partial charge is 0.304 e. The van der Waals surface area contributed by atoms with Crippen LogP contribution < -0.4 is 0 Å². The van der Waals surface area contributed by atoms with Crippen LogP contribution >= 0.6 is 23.5 Å². The molecule has 0 atom stereocenters. The van der Waals surface area contributed by atoms with Crippen molar-refractivity contribution in [3.05, 3.63) is 71.3 Å². The molecule has 0 saturated heterocycles. The molecule has 0 saturated carbocycles. The molecule has 0 spiro atoms. The lowest BCUT2D eigenvalue weighted by Gasteiger charge is -2.20. The Morgan fingerprint density at radius 1 is 0.629 bits per heavy atom. The summed E-state index contributed by atoms with van der Waals surface area (Å²) in [4.78, 5) is 21.9. The van der Waals surface area contributed by atoms with Crippen molar-refractivity contribution >= 4 is 35.5 Å². The minimum atomic E-state index is -0.795. The normalized spacial score (nSPS) is 11.1. The van der Waals surface area contributed by atoms with Gasteiger partial charge in [-0.25, -0.2) is 0 Å². The van der Waals surface area contributed by atoms with Crippen molar-refractivity contribution in [2.24, 2.45) is 0 Å². The summed E-state index contributed by atoms with van der Waals surface area (Å²) in [5.74, 6) is -0.535. The molecule has 0 aliphatic heterocycles. The van der Waals surface area contributed by atoms with Crippen molar-refractivity contribution < 1.29 is 19.8 Å². The van der Waals surface area contributed by atoms with E-state index in [0.717, 1.165) is 12.8 Å². The van der Waals surface area contributed by atoms with Crippen LogP contribution in [0.1, 0.15) is 85.5 Å². The summed E-state index contributed by atoms with van der Waals surface area (Å²) in [5, 5.41) is 18.0. The van der Waals surface area contributed by atoms with Crippen LogP contribution in [-0.4, -0.2) is 33.7 Å². The number of thioether (sulfide) groups is 2. The maximum atomic E-state index is 10.9. The molecule has 0 fully saturated rings. The van der Waals surface area contributed by atoms with Crippen molar-refractivity contribution in [3.63, 3.8) is 0 Å². The van der Waals surface area contributed by atoms with Crippen LogP contribution in [0.3, 0.4) is 0 Å². The van der Waals surface area contributed by atoms with Gasteiger partial charge in [0.25, 0.3) is 0 Å². The van der Waals surface area contributed by atoms with Crippen LogP contribution in [0, 0.1) is 0 Å². The summed E-state index contributed by atoms with van der Waals surface area (Å²) in [6.07, 6.45) is 12.6. The lowest BCUT2D eigenvalue weighted by atomic mass is 10.0. The average Bonchev–Trinajstić information content (AvgIpc) is 2.85. The first-order valence-electron chi connectivity index (χ1n) is 12.8. The molecule has 2 N–H and O–H groups in total. The van der Waals surface area contributed by atoms with Crippen LogP contribution in [0.2, 0.25) is 0 Å². The fourth-order valence-corrected chi connectivity index (χ4v) is 6.87. The molecule has 2 rings (SSSR count). The minimum Gasteiger partial charge on any atom is -0.481 e. The zero-order chi connectivity index (χ0) is 25.1. The molecule has 2 aromatic rings. The Morgan fingerprint density at radius 2 is 1.11 bits per heavy atom. The first kappa shape index (κ1) is 29.3.